The van der Waals surface area contributed by atoms with Crippen molar-refractivity contribution in [3.8, 4) is 0 Å². The molecule has 0 spiro atoms. The van der Waals surface area contributed by atoms with E-state index >= 15 is 0 Å². The summed E-state index contributed by atoms with van der Waals surface area (Å²) in [4.78, 5) is 11.4. The third-order valence-corrected chi connectivity index (χ3v) is 4.19. The van der Waals surface area contributed by atoms with Gasteiger partial charge < -0.3 is 5.43 Å². The number of rotatable bonds is 3. The van der Waals surface area contributed by atoms with E-state index in [1.807, 2.05) is 18.8 Å². The van der Waals surface area contributed by atoms with E-state index in [2.05, 4.69) is 25.4 Å². The molecule has 2 aromatic rings. The van der Waals surface area contributed by atoms with E-state index in [4.69, 9.17) is 5.84 Å². The van der Waals surface area contributed by atoms with Crippen molar-refractivity contribution in [3.63, 3.8) is 0 Å². The fourth-order valence-corrected chi connectivity index (χ4v) is 3.19. The smallest absolute Gasteiger partial charge is 0.163 e. The number of fused-ring (bicyclic) bond motifs is 1. The molecule has 2 aromatic heterocycles. The number of anilines is 1. The second-order valence-corrected chi connectivity index (χ2v) is 5.75. The van der Waals surface area contributed by atoms with Gasteiger partial charge in [0, 0.05) is 31.6 Å². The zero-order chi connectivity index (χ0) is 13.2. The van der Waals surface area contributed by atoms with Crippen LogP contribution in [0.4, 0.5) is 5.82 Å². The second kappa shape index (κ2) is 5.32. The quantitative estimate of drug-likeness (QED) is 0.613. The Morgan fingerprint density at radius 3 is 2.89 bits per heavy atom. The molecular formula is C11H17N7S. The largest absolute Gasteiger partial charge is 0.308 e. The molecule has 0 bridgehead atoms. The molecule has 8 heteroatoms. The fraction of sp³-hybridized carbons (Fsp3) is 0.545. The van der Waals surface area contributed by atoms with Crippen molar-refractivity contribution in [2.75, 3.05) is 30.0 Å². The summed E-state index contributed by atoms with van der Waals surface area (Å²) >= 11 is 1.99. The second-order valence-electron chi connectivity index (χ2n) is 4.53. The van der Waals surface area contributed by atoms with Crippen molar-refractivity contribution in [1.82, 2.24) is 24.6 Å². The van der Waals surface area contributed by atoms with Crippen LogP contribution in [0.2, 0.25) is 0 Å². The zero-order valence-corrected chi connectivity index (χ0v) is 11.7. The Labute approximate surface area is 115 Å². The van der Waals surface area contributed by atoms with Gasteiger partial charge in [0.2, 0.25) is 0 Å². The van der Waals surface area contributed by atoms with Gasteiger partial charge in [-0.15, -0.1) is 0 Å². The van der Waals surface area contributed by atoms with Gasteiger partial charge >= 0.3 is 0 Å². The monoisotopic (exact) mass is 279 g/mol. The Bertz CT molecular complexity index is 576. The standard InChI is InChI=1S/C11H17N7S/c1-17-11-8(6-13-17)10(16-12)14-9(15-11)7-18-2-4-19-5-3-18/h6H,2-5,7,12H2,1H3,(H,14,15,16). The number of aromatic nitrogens is 4. The highest BCUT2D eigenvalue weighted by atomic mass is 32.2. The minimum Gasteiger partial charge on any atom is -0.308 e. The first-order chi connectivity index (χ1) is 9.28. The van der Waals surface area contributed by atoms with Gasteiger partial charge in [0.1, 0.15) is 5.82 Å². The zero-order valence-electron chi connectivity index (χ0n) is 10.8. The first-order valence-corrected chi connectivity index (χ1v) is 7.39. The van der Waals surface area contributed by atoms with Gasteiger partial charge in [-0.1, -0.05) is 0 Å². The average Bonchev–Trinajstić information content (AvgIpc) is 2.81. The lowest BCUT2D eigenvalue weighted by Gasteiger charge is -2.25. The molecule has 1 saturated heterocycles. The minimum absolute atomic E-state index is 0.638. The SMILES string of the molecule is Cn1ncc2c(NN)nc(CN3CCSCC3)nc21. The molecule has 1 fully saturated rings. The average molecular weight is 279 g/mol. The number of nitrogens with zero attached hydrogens (tertiary/aromatic N) is 5. The highest BCUT2D eigenvalue weighted by Gasteiger charge is 2.15. The number of hydrazine groups is 1. The molecule has 0 aromatic carbocycles. The van der Waals surface area contributed by atoms with Gasteiger partial charge in [-0.05, 0) is 0 Å². The minimum atomic E-state index is 0.638. The van der Waals surface area contributed by atoms with Crippen LogP contribution < -0.4 is 11.3 Å². The molecule has 0 unspecified atom stereocenters. The normalized spacial score (nSPS) is 16.9. The number of nitrogen functional groups attached to an aromatic ring is 1. The molecule has 7 nitrogen and oxygen atoms in total. The Morgan fingerprint density at radius 2 is 2.16 bits per heavy atom. The molecule has 0 atom stereocenters. The number of aryl methyl sites for hydroxylation is 1. The van der Waals surface area contributed by atoms with Crippen LogP contribution in [0.25, 0.3) is 11.0 Å². The van der Waals surface area contributed by atoms with Gasteiger partial charge in [-0.2, -0.15) is 16.9 Å². The molecule has 0 saturated carbocycles. The summed E-state index contributed by atoms with van der Waals surface area (Å²) in [6.07, 6.45) is 1.73. The van der Waals surface area contributed by atoms with Crippen molar-refractivity contribution >= 4 is 28.6 Å². The van der Waals surface area contributed by atoms with E-state index in [-0.39, 0.29) is 0 Å². The van der Waals surface area contributed by atoms with E-state index in [1.54, 1.807) is 10.9 Å². The maximum absolute atomic E-state index is 5.53. The lowest BCUT2D eigenvalue weighted by Crippen LogP contribution is -2.32. The number of thioether (sulfide) groups is 1. The molecule has 3 heterocycles. The van der Waals surface area contributed by atoms with E-state index in [0.717, 1.165) is 36.5 Å². The van der Waals surface area contributed by atoms with Crippen molar-refractivity contribution in [3.05, 3.63) is 12.0 Å². The molecule has 3 rings (SSSR count). The molecule has 19 heavy (non-hydrogen) atoms. The summed E-state index contributed by atoms with van der Waals surface area (Å²) in [6.45, 7) is 2.93. The molecule has 1 aliphatic rings. The highest BCUT2D eigenvalue weighted by Crippen LogP contribution is 2.19. The predicted octanol–water partition coefficient (Wildman–Crippen LogP) is 0.198. The number of hydrogen-bond acceptors (Lipinski definition) is 7. The predicted molar refractivity (Wildman–Crippen MR) is 76.7 cm³/mol. The Kier molecular flexibility index (Phi) is 3.54. The van der Waals surface area contributed by atoms with Gasteiger partial charge in [-0.3, -0.25) is 9.58 Å². The maximum atomic E-state index is 5.53. The Balaban J connectivity index is 1.92. The summed E-state index contributed by atoms with van der Waals surface area (Å²) in [5.41, 5.74) is 3.44. The van der Waals surface area contributed by atoms with E-state index in [0.29, 0.717) is 5.82 Å². The van der Waals surface area contributed by atoms with E-state index < -0.39 is 0 Å². The number of nitrogens with two attached hydrogens (primary N) is 1. The van der Waals surface area contributed by atoms with E-state index in [9.17, 15) is 0 Å². The van der Waals surface area contributed by atoms with Crippen LogP contribution in [-0.2, 0) is 13.6 Å². The molecule has 0 radical (unpaired) electrons. The third-order valence-electron chi connectivity index (χ3n) is 3.24. The van der Waals surface area contributed by atoms with Gasteiger partial charge in [0.15, 0.2) is 11.5 Å². The van der Waals surface area contributed by atoms with Crippen LogP contribution in [0, 0.1) is 0 Å². The topological polar surface area (TPSA) is 84.9 Å². The lowest BCUT2D eigenvalue weighted by molar-refractivity contribution is 0.287. The van der Waals surface area contributed by atoms with Crippen molar-refractivity contribution < 1.29 is 0 Å². The maximum Gasteiger partial charge on any atom is 0.163 e. The van der Waals surface area contributed by atoms with Gasteiger partial charge in [0.25, 0.3) is 0 Å². The van der Waals surface area contributed by atoms with Crippen LogP contribution in [0.3, 0.4) is 0 Å². The van der Waals surface area contributed by atoms with Crippen LogP contribution >= 0.6 is 11.8 Å². The summed E-state index contributed by atoms with van der Waals surface area (Å²) in [5.74, 6) is 9.31. The van der Waals surface area contributed by atoms with Crippen LogP contribution in [0.1, 0.15) is 5.82 Å². The van der Waals surface area contributed by atoms with E-state index in [1.165, 1.54) is 11.5 Å². The summed E-state index contributed by atoms with van der Waals surface area (Å²) in [6, 6.07) is 0. The summed E-state index contributed by atoms with van der Waals surface area (Å²) < 4.78 is 1.74. The molecule has 102 valence electrons. The lowest BCUT2D eigenvalue weighted by atomic mass is 10.3. The third kappa shape index (κ3) is 2.51. The Morgan fingerprint density at radius 1 is 1.37 bits per heavy atom. The first kappa shape index (κ1) is 12.6. The highest BCUT2D eigenvalue weighted by molar-refractivity contribution is 7.99. The molecule has 1 aliphatic heterocycles. The molecular weight excluding hydrogens is 262 g/mol. The van der Waals surface area contributed by atoms with Crippen LogP contribution in [0.15, 0.2) is 6.20 Å². The summed E-state index contributed by atoms with van der Waals surface area (Å²) in [5, 5.41) is 5.04. The molecule has 3 N–H and O–H groups in total. The van der Waals surface area contributed by atoms with Gasteiger partial charge in [0.05, 0.1) is 18.1 Å². The Hall–Kier alpha value is -1.38. The van der Waals surface area contributed by atoms with Crippen molar-refractivity contribution in [2.45, 2.75) is 6.54 Å². The molecule has 0 aliphatic carbocycles. The first-order valence-electron chi connectivity index (χ1n) is 6.23. The fourth-order valence-electron chi connectivity index (χ4n) is 2.21. The summed E-state index contributed by atoms with van der Waals surface area (Å²) in [7, 11) is 1.87. The van der Waals surface area contributed by atoms with Gasteiger partial charge in [-0.25, -0.2) is 15.8 Å². The van der Waals surface area contributed by atoms with Crippen LogP contribution in [0.5, 0.6) is 0 Å². The van der Waals surface area contributed by atoms with Crippen molar-refractivity contribution in [2.24, 2.45) is 12.9 Å². The number of hydrogen-bond donors (Lipinski definition) is 2. The number of nitrogens with one attached hydrogen (secondary N) is 1. The molecule has 0 amide bonds. The van der Waals surface area contributed by atoms with Crippen LogP contribution in [-0.4, -0.2) is 49.2 Å². The van der Waals surface area contributed by atoms with Crippen molar-refractivity contribution in [1.29, 1.82) is 0 Å².